The number of nitrogens with zero attached hydrogens (tertiary/aromatic N) is 1. The SMILES string of the molecule is COc1ccc(Br)c(C(=O)N2CCC(OCCCN)CC2)c1. The molecule has 1 aromatic rings. The Labute approximate surface area is 139 Å². The number of hydrogen-bond acceptors (Lipinski definition) is 4. The van der Waals surface area contributed by atoms with Gasteiger partial charge in [0.25, 0.3) is 5.91 Å². The number of ether oxygens (including phenoxy) is 2. The molecule has 1 saturated heterocycles. The highest BCUT2D eigenvalue weighted by Gasteiger charge is 2.25. The van der Waals surface area contributed by atoms with E-state index >= 15 is 0 Å². The Morgan fingerprint density at radius 1 is 1.41 bits per heavy atom. The first kappa shape index (κ1) is 17.2. The van der Waals surface area contributed by atoms with Crippen molar-refractivity contribution in [2.45, 2.75) is 25.4 Å². The van der Waals surface area contributed by atoms with Gasteiger partial charge in [-0.05, 0) is 59.9 Å². The van der Waals surface area contributed by atoms with E-state index in [1.54, 1.807) is 13.2 Å². The van der Waals surface area contributed by atoms with Crippen LogP contribution in [0.2, 0.25) is 0 Å². The van der Waals surface area contributed by atoms with Crippen LogP contribution in [0, 0.1) is 0 Å². The van der Waals surface area contributed by atoms with Crippen LogP contribution in [0.15, 0.2) is 22.7 Å². The number of methoxy groups -OCH3 is 1. The molecule has 2 rings (SSSR count). The normalized spacial score (nSPS) is 15.9. The highest BCUT2D eigenvalue weighted by Crippen LogP contribution is 2.25. The fourth-order valence-electron chi connectivity index (χ4n) is 2.52. The lowest BCUT2D eigenvalue weighted by molar-refractivity contribution is 0.00841. The lowest BCUT2D eigenvalue weighted by Crippen LogP contribution is -2.41. The summed E-state index contributed by atoms with van der Waals surface area (Å²) < 4.78 is 11.8. The van der Waals surface area contributed by atoms with Crippen molar-refractivity contribution in [3.05, 3.63) is 28.2 Å². The molecule has 1 aliphatic heterocycles. The van der Waals surface area contributed by atoms with Crippen molar-refractivity contribution in [2.75, 3.05) is 33.4 Å². The summed E-state index contributed by atoms with van der Waals surface area (Å²) in [5.74, 6) is 0.720. The molecule has 0 saturated carbocycles. The Hall–Kier alpha value is -1.11. The number of likely N-dealkylation sites (tertiary alicyclic amines) is 1. The standard InChI is InChI=1S/C16H23BrN2O3/c1-21-13-3-4-15(17)14(11-13)16(20)19-8-5-12(6-9-19)22-10-2-7-18/h3-4,11-12H,2,5-10,18H2,1H3. The first-order valence-electron chi connectivity index (χ1n) is 7.60. The van der Waals surface area contributed by atoms with E-state index < -0.39 is 0 Å². The third-order valence-electron chi connectivity index (χ3n) is 3.84. The summed E-state index contributed by atoms with van der Waals surface area (Å²) in [5, 5.41) is 0. The minimum Gasteiger partial charge on any atom is -0.497 e. The molecule has 0 aliphatic carbocycles. The number of nitrogens with two attached hydrogens (primary N) is 1. The monoisotopic (exact) mass is 370 g/mol. The van der Waals surface area contributed by atoms with Crippen LogP contribution in [0.4, 0.5) is 0 Å². The van der Waals surface area contributed by atoms with Gasteiger partial charge in [0.1, 0.15) is 5.75 Å². The van der Waals surface area contributed by atoms with E-state index in [-0.39, 0.29) is 12.0 Å². The molecule has 6 heteroatoms. The Balaban J connectivity index is 1.92. The zero-order valence-corrected chi connectivity index (χ0v) is 14.5. The molecule has 1 aliphatic rings. The zero-order chi connectivity index (χ0) is 15.9. The summed E-state index contributed by atoms with van der Waals surface area (Å²) >= 11 is 3.44. The van der Waals surface area contributed by atoms with Crippen molar-refractivity contribution in [1.82, 2.24) is 4.90 Å². The van der Waals surface area contributed by atoms with Gasteiger partial charge in [0.15, 0.2) is 0 Å². The van der Waals surface area contributed by atoms with Crippen molar-refractivity contribution < 1.29 is 14.3 Å². The first-order chi connectivity index (χ1) is 10.7. The van der Waals surface area contributed by atoms with E-state index in [2.05, 4.69) is 15.9 Å². The van der Waals surface area contributed by atoms with Crippen LogP contribution in [0.3, 0.4) is 0 Å². The van der Waals surface area contributed by atoms with Gasteiger partial charge in [-0.1, -0.05) is 0 Å². The van der Waals surface area contributed by atoms with Gasteiger partial charge >= 0.3 is 0 Å². The van der Waals surface area contributed by atoms with E-state index in [1.165, 1.54) is 0 Å². The predicted octanol–water partition coefficient (Wildman–Crippen LogP) is 2.43. The van der Waals surface area contributed by atoms with Crippen molar-refractivity contribution >= 4 is 21.8 Å². The molecular formula is C16H23BrN2O3. The molecule has 0 aromatic heterocycles. The fraction of sp³-hybridized carbons (Fsp3) is 0.562. The molecule has 122 valence electrons. The molecule has 0 spiro atoms. The van der Waals surface area contributed by atoms with Gasteiger partial charge in [-0.25, -0.2) is 0 Å². The van der Waals surface area contributed by atoms with Gasteiger partial charge in [0, 0.05) is 24.2 Å². The number of carbonyl (C=O) groups is 1. The van der Waals surface area contributed by atoms with Crippen LogP contribution in [-0.4, -0.2) is 50.3 Å². The molecule has 1 heterocycles. The van der Waals surface area contributed by atoms with Crippen LogP contribution in [-0.2, 0) is 4.74 Å². The maximum absolute atomic E-state index is 12.6. The van der Waals surface area contributed by atoms with Gasteiger partial charge in [-0.2, -0.15) is 0 Å². The summed E-state index contributed by atoms with van der Waals surface area (Å²) in [7, 11) is 1.60. The third-order valence-corrected chi connectivity index (χ3v) is 4.53. The number of carbonyl (C=O) groups excluding carboxylic acids is 1. The maximum atomic E-state index is 12.6. The number of benzene rings is 1. The van der Waals surface area contributed by atoms with Gasteiger partial charge in [-0.15, -0.1) is 0 Å². The molecule has 0 bridgehead atoms. The summed E-state index contributed by atoms with van der Waals surface area (Å²) in [4.78, 5) is 14.5. The average molecular weight is 371 g/mol. The Kier molecular flexibility index (Phi) is 6.67. The Bertz CT molecular complexity index is 502. The average Bonchev–Trinajstić information content (AvgIpc) is 2.55. The molecule has 2 N–H and O–H groups in total. The first-order valence-corrected chi connectivity index (χ1v) is 8.39. The summed E-state index contributed by atoms with van der Waals surface area (Å²) in [5.41, 5.74) is 6.10. The van der Waals surface area contributed by atoms with Crippen LogP contribution in [0.25, 0.3) is 0 Å². The smallest absolute Gasteiger partial charge is 0.255 e. The second-order valence-electron chi connectivity index (χ2n) is 5.35. The van der Waals surface area contributed by atoms with Gasteiger partial charge in [0.05, 0.1) is 18.8 Å². The Morgan fingerprint density at radius 3 is 2.77 bits per heavy atom. The molecular weight excluding hydrogens is 348 g/mol. The third kappa shape index (κ3) is 4.44. The topological polar surface area (TPSA) is 64.8 Å². The summed E-state index contributed by atoms with van der Waals surface area (Å²) in [6, 6.07) is 5.45. The highest BCUT2D eigenvalue weighted by atomic mass is 79.9. The van der Waals surface area contributed by atoms with E-state index in [1.807, 2.05) is 17.0 Å². The lowest BCUT2D eigenvalue weighted by Gasteiger charge is -2.32. The second kappa shape index (κ2) is 8.50. The van der Waals surface area contributed by atoms with Crippen LogP contribution >= 0.6 is 15.9 Å². The Morgan fingerprint density at radius 2 is 2.14 bits per heavy atom. The molecule has 1 fully saturated rings. The second-order valence-corrected chi connectivity index (χ2v) is 6.20. The molecule has 0 unspecified atom stereocenters. The van der Waals surface area contributed by atoms with Gasteiger partial charge < -0.3 is 20.1 Å². The van der Waals surface area contributed by atoms with Gasteiger partial charge in [-0.3, -0.25) is 4.79 Å². The maximum Gasteiger partial charge on any atom is 0.255 e. The summed E-state index contributed by atoms with van der Waals surface area (Å²) in [6.45, 7) is 2.79. The molecule has 0 atom stereocenters. The van der Waals surface area contributed by atoms with Crippen LogP contribution in [0.5, 0.6) is 5.75 Å². The molecule has 22 heavy (non-hydrogen) atoms. The lowest BCUT2D eigenvalue weighted by atomic mass is 10.1. The minimum absolute atomic E-state index is 0.0335. The van der Waals surface area contributed by atoms with Crippen LogP contribution in [0.1, 0.15) is 29.6 Å². The van der Waals surface area contributed by atoms with Crippen molar-refractivity contribution in [1.29, 1.82) is 0 Å². The van der Waals surface area contributed by atoms with E-state index in [9.17, 15) is 4.79 Å². The molecule has 0 radical (unpaired) electrons. The van der Waals surface area contributed by atoms with Gasteiger partial charge in [0.2, 0.25) is 0 Å². The van der Waals surface area contributed by atoms with Crippen molar-refractivity contribution in [2.24, 2.45) is 5.73 Å². The molecule has 1 aromatic carbocycles. The number of rotatable bonds is 6. The number of amides is 1. The molecule has 1 amide bonds. The van der Waals surface area contributed by atoms with E-state index in [4.69, 9.17) is 15.2 Å². The quantitative estimate of drug-likeness (QED) is 0.781. The number of halogens is 1. The largest absolute Gasteiger partial charge is 0.497 e. The van der Waals surface area contributed by atoms with Crippen molar-refractivity contribution in [3.63, 3.8) is 0 Å². The molecule has 5 nitrogen and oxygen atoms in total. The zero-order valence-electron chi connectivity index (χ0n) is 12.9. The number of hydrogen-bond donors (Lipinski definition) is 1. The highest BCUT2D eigenvalue weighted by molar-refractivity contribution is 9.10. The van der Waals surface area contributed by atoms with Crippen molar-refractivity contribution in [3.8, 4) is 5.75 Å². The minimum atomic E-state index is 0.0335. The van der Waals surface area contributed by atoms with E-state index in [0.717, 1.165) is 36.8 Å². The van der Waals surface area contributed by atoms with E-state index in [0.29, 0.717) is 24.5 Å². The number of piperidine rings is 1. The summed E-state index contributed by atoms with van der Waals surface area (Å²) in [6.07, 6.45) is 2.87. The van der Waals surface area contributed by atoms with Crippen LogP contribution < -0.4 is 10.5 Å². The fourth-order valence-corrected chi connectivity index (χ4v) is 2.94. The predicted molar refractivity (Wildman–Crippen MR) is 89.2 cm³/mol.